The second-order valence-electron chi connectivity index (χ2n) is 4.67. The quantitative estimate of drug-likeness (QED) is 0.857. The highest BCUT2D eigenvalue weighted by molar-refractivity contribution is 7.13. The van der Waals surface area contributed by atoms with Gasteiger partial charge in [-0.2, -0.15) is 0 Å². The number of hydrogen-bond donors (Lipinski definition) is 2. The van der Waals surface area contributed by atoms with E-state index in [1.807, 2.05) is 18.3 Å². The standard InChI is InChI=1S/C13H16N2OS/c16-10-5-3-9(4-6-10)12-8-17-13(15-12)11-2-1-7-14-11/h1-2,7-10,14,16H,3-6H2. The van der Waals surface area contributed by atoms with E-state index < -0.39 is 0 Å². The van der Waals surface area contributed by atoms with Gasteiger partial charge in [-0.25, -0.2) is 4.98 Å². The third-order valence-electron chi connectivity index (χ3n) is 3.47. The molecular weight excluding hydrogens is 232 g/mol. The van der Waals surface area contributed by atoms with E-state index in [1.165, 1.54) is 5.69 Å². The predicted octanol–water partition coefficient (Wildman–Crippen LogP) is 3.16. The van der Waals surface area contributed by atoms with E-state index in [9.17, 15) is 5.11 Å². The molecule has 3 rings (SSSR count). The molecule has 3 nitrogen and oxygen atoms in total. The summed E-state index contributed by atoms with van der Waals surface area (Å²) in [5.41, 5.74) is 2.29. The normalized spacial score (nSPS) is 25.0. The van der Waals surface area contributed by atoms with Gasteiger partial charge < -0.3 is 10.1 Å². The average Bonchev–Trinajstić information content (AvgIpc) is 3.00. The van der Waals surface area contributed by atoms with Crippen LogP contribution in [0.4, 0.5) is 0 Å². The summed E-state index contributed by atoms with van der Waals surface area (Å²) in [7, 11) is 0. The third-order valence-corrected chi connectivity index (χ3v) is 4.36. The number of rotatable bonds is 2. The fraction of sp³-hybridized carbons (Fsp3) is 0.462. The van der Waals surface area contributed by atoms with Gasteiger partial charge in [0.1, 0.15) is 5.01 Å². The van der Waals surface area contributed by atoms with Crippen molar-refractivity contribution < 1.29 is 5.11 Å². The van der Waals surface area contributed by atoms with Crippen molar-refractivity contribution >= 4 is 11.3 Å². The van der Waals surface area contributed by atoms with Gasteiger partial charge in [-0.15, -0.1) is 11.3 Å². The zero-order valence-corrected chi connectivity index (χ0v) is 10.4. The minimum absolute atomic E-state index is 0.0900. The van der Waals surface area contributed by atoms with Crippen molar-refractivity contribution in [3.05, 3.63) is 29.4 Å². The Morgan fingerprint density at radius 3 is 2.82 bits per heavy atom. The van der Waals surface area contributed by atoms with Crippen LogP contribution in [-0.2, 0) is 0 Å². The molecular formula is C13H16N2OS. The van der Waals surface area contributed by atoms with E-state index in [0.29, 0.717) is 5.92 Å². The van der Waals surface area contributed by atoms with Gasteiger partial charge in [0.15, 0.2) is 0 Å². The van der Waals surface area contributed by atoms with Crippen molar-refractivity contribution in [2.45, 2.75) is 37.7 Å². The van der Waals surface area contributed by atoms with Crippen LogP contribution >= 0.6 is 11.3 Å². The fourth-order valence-electron chi connectivity index (χ4n) is 2.43. The number of aromatic amines is 1. The maximum atomic E-state index is 9.51. The van der Waals surface area contributed by atoms with Gasteiger partial charge in [-0.1, -0.05) is 0 Å². The molecule has 0 unspecified atom stereocenters. The van der Waals surface area contributed by atoms with Crippen LogP contribution in [0.3, 0.4) is 0 Å². The smallest absolute Gasteiger partial charge is 0.139 e. The fourth-order valence-corrected chi connectivity index (χ4v) is 3.32. The molecule has 4 heteroatoms. The summed E-state index contributed by atoms with van der Waals surface area (Å²) < 4.78 is 0. The van der Waals surface area contributed by atoms with Gasteiger partial charge in [-0.05, 0) is 37.8 Å². The van der Waals surface area contributed by atoms with E-state index in [4.69, 9.17) is 4.98 Å². The molecule has 0 bridgehead atoms. The predicted molar refractivity (Wildman–Crippen MR) is 69.1 cm³/mol. The molecule has 17 heavy (non-hydrogen) atoms. The Bertz CT molecular complexity index is 469. The molecule has 0 saturated heterocycles. The van der Waals surface area contributed by atoms with E-state index in [2.05, 4.69) is 10.4 Å². The first-order valence-corrected chi connectivity index (χ1v) is 6.98. The Hall–Kier alpha value is -1.13. The molecule has 0 aliphatic heterocycles. The topological polar surface area (TPSA) is 48.9 Å². The number of hydrogen-bond acceptors (Lipinski definition) is 3. The van der Waals surface area contributed by atoms with Crippen molar-refractivity contribution in [1.82, 2.24) is 9.97 Å². The molecule has 1 fully saturated rings. The molecule has 0 atom stereocenters. The Labute approximate surface area is 105 Å². The maximum Gasteiger partial charge on any atom is 0.139 e. The molecule has 0 radical (unpaired) electrons. The molecule has 1 aliphatic carbocycles. The lowest BCUT2D eigenvalue weighted by molar-refractivity contribution is 0.122. The van der Waals surface area contributed by atoms with Gasteiger partial charge in [0, 0.05) is 17.5 Å². The highest BCUT2D eigenvalue weighted by Crippen LogP contribution is 2.34. The van der Waals surface area contributed by atoms with Crippen LogP contribution < -0.4 is 0 Å². The Morgan fingerprint density at radius 1 is 1.29 bits per heavy atom. The largest absolute Gasteiger partial charge is 0.393 e. The van der Waals surface area contributed by atoms with Crippen LogP contribution in [0.15, 0.2) is 23.7 Å². The Morgan fingerprint density at radius 2 is 2.12 bits per heavy atom. The van der Waals surface area contributed by atoms with Crippen molar-refractivity contribution in [2.75, 3.05) is 0 Å². The number of H-pyrrole nitrogens is 1. The van der Waals surface area contributed by atoms with E-state index in [0.717, 1.165) is 36.4 Å². The average molecular weight is 248 g/mol. The van der Waals surface area contributed by atoms with Gasteiger partial charge in [0.2, 0.25) is 0 Å². The van der Waals surface area contributed by atoms with Crippen molar-refractivity contribution in [2.24, 2.45) is 0 Å². The molecule has 1 aliphatic rings. The van der Waals surface area contributed by atoms with E-state index in [-0.39, 0.29) is 6.10 Å². The van der Waals surface area contributed by atoms with Gasteiger partial charge >= 0.3 is 0 Å². The molecule has 0 amide bonds. The summed E-state index contributed by atoms with van der Waals surface area (Å²) in [4.78, 5) is 7.89. The maximum absolute atomic E-state index is 9.51. The van der Waals surface area contributed by atoms with Crippen molar-refractivity contribution in [3.8, 4) is 10.7 Å². The minimum Gasteiger partial charge on any atom is -0.393 e. The summed E-state index contributed by atoms with van der Waals surface area (Å²) in [6, 6.07) is 4.04. The second-order valence-corrected chi connectivity index (χ2v) is 5.52. The second kappa shape index (κ2) is 4.63. The molecule has 1 saturated carbocycles. The summed E-state index contributed by atoms with van der Waals surface area (Å²) in [6.45, 7) is 0. The van der Waals surface area contributed by atoms with Crippen molar-refractivity contribution in [1.29, 1.82) is 0 Å². The van der Waals surface area contributed by atoms with E-state index >= 15 is 0 Å². The highest BCUT2D eigenvalue weighted by Gasteiger charge is 2.22. The number of nitrogens with zero attached hydrogens (tertiary/aromatic N) is 1. The SMILES string of the molecule is OC1CCC(c2csc(-c3ccc[nH]3)n2)CC1. The third kappa shape index (κ3) is 2.28. The molecule has 0 aromatic carbocycles. The lowest BCUT2D eigenvalue weighted by Gasteiger charge is -2.23. The zero-order valence-electron chi connectivity index (χ0n) is 9.60. The summed E-state index contributed by atoms with van der Waals surface area (Å²) in [5, 5.41) is 12.7. The van der Waals surface area contributed by atoms with Crippen LogP contribution in [0.25, 0.3) is 10.7 Å². The van der Waals surface area contributed by atoms with Crippen LogP contribution in [0.5, 0.6) is 0 Å². The first kappa shape index (κ1) is 11.0. The number of aliphatic hydroxyl groups is 1. The molecule has 2 aromatic heterocycles. The molecule has 2 aromatic rings. The molecule has 2 heterocycles. The minimum atomic E-state index is -0.0900. The summed E-state index contributed by atoms with van der Waals surface area (Å²) in [6.07, 6.45) is 5.80. The van der Waals surface area contributed by atoms with Gasteiger partial charge in [-0.3, -0.25) is 0 Å². The Kier molecular flexibility index (Phi) is 2.99. The lowest BCUT2D eigenvalue weighted by Crippen LogP contribution is -2.17. The van der Waals surface area contributed by atoms with Crippen LogP contribution in [0, 0.1) is 0 Å². The number of aromatic nitrogens is 2. The lowest BCUT2D eigenvalue weighted by atomic mass is 9.86. The summed E-state index contributed by atoms with van der Waals surface area (Å²) >= 11 is 1.70. The van der Waals surface area contributed by atoms with Crippen molar-refractivity contribution in [3.63, 3.8) is 0 Å². The number of aliphatic hydroxyl groups excluding tert-OH is 1. The Balaban J connectivity index is 1.76. The first-order chi connectivity index (χ1) is 8.33. The van der Waals surface area contributed by atoms with Gasteiger partial charge in [0.25, 0.3) is 0 Å². The van der Waals surface area contributed by atoms with E-state index in [1.54, 1.807) is 11.3 Å². The highest BCUT2D eigenvalue weighted by atomic mass is 32.1. The monoisotopic (exact) mass is 248 g/mol. The molecule has 2 N–H and O–H groups in total. The van der Waals surface area contributed by atoms with Crippen LogP contribution in [0.1, 0.15) is 37.3 Å². The van der Waals surface area contributed by atoms with Crippen LogP contribution in [0.2, 0.25) is 0 Å². The first-order valence-electron chi connectivity index (χ1n) is 6.10. The van der Waals surface area contributed by atoms with Gasteiger partial charge in [0.05, 0.1) is 17.5 Å². The summed E-state index contributed by atoms with van der Waals surface area (Å²) in [5.74, 6) is 0.540. The van der Waals surface area contributed by atoms with Crippen LogP contribution in [-0.4, -0.2) is 21.2 Å². The molecule has 90 valence electrons. The number of thiazole rings is 1. The number of nitrogens with one attached hydrogen (secondary N) is 1. The molecule has 0 spiro atoms. The zero-order chi connectivity index (χ0) is 11.7.